The molecule has 1 aromatic carbocycles. The third-order valence-corrected chi connectivity index (χ3v) is 3.82. The molecule has 0 saturated carbocycles. The maximum atomic E-state index is 5.40. The summed E-state index contributed by atoms with van der Waals surface area (Å²) in [6.45, 7) is 3.11. The van der Waals surface area contributed by atoms with Crippen molar-refractivity contribution in [3.8, 4) is 5.75 Å². The zero-order chi connectivity index (χ0) is 11.4. The van der Waals surface area contributed by atoms with Crippen LogP contribution in [0.3, 0.4) is 0 Å². The first-order valence-corrected chi connectivity index (χ1v) is 6.64. The molecule has 1 aromatic rings. The highest BCUT2D eigenvalue weighted by molar-refractivity contribution is 8.00. The molecule has 3 heteroatoms. The predicted octanol–water partition coefficient (Wildman–Crippen LogP) is 3.19. The van der Waals surface area contributed by atoms with E-state index in [0.29, 0.717) is 0 Å². The molecule has 0 N–H and O–H groups in total. The highest BCUT2D eigenvalue weighted by Gasteiger charge is 2.17. The van der Waals surface area contributed by atoms with E-state index < -0.39 is 0 Å². The van der Waals surface area contributed by atoms with Gasteiger partial charge in [-0.25, -0.2) is 0 Å². The first-order chi connectivity index (χ1) is 7.85. The van der Waals surface area contributed by atoms with Crippen molar-refractivity contribution < 1.29 is 4.74 Å². The molecule has 0 saturated heterocycles. The van der Waals surface area contributed by atoms with Gasteiger partial charge < -0.3 is 4.74 Å². The first kappa shape index (κ1) is 11.5. The topological polar surface area (TPSA) is 21.6 Å². The van der Waals surface area contributed by atoms with Crippen LogP contribution in [-0.4, -0.2) is 25.1 Å². The molecule has 1 heterocycles. The first-order valence-electron chi connectivity index (χ1n) is 5.66. The number of rotatable bonds is 3. The highest BCUT2D eigenvalue weighted by atomic mass is 32.2. The average molecular weight is 235 g/mol. The molecule has 0 radical (unpaired) electrons. The van der Waals surface area contributed by atoms with Crippen molar-refractivity contribution in [3.63, 3.8) is 0 Å². The Balaban J connectivity index is 2.24. The number of thioether (sulfide) groups is 1. The van der Waals surface area contributed by atoms with Crippen LogP contribution in [0.25, 0.3) is 0 Å². The SMILES string of the molecule is CCCN=C1CSc2cccc(OC)c2C1. The van der Waals surface area contributed by atoms with E-state index in [1.165, 1.54) is 16.2 Å². The van der Waals surface area contributed by atoms with Gasteiger partial charge in [0.25, 0.3) is 0 Å². The molecule has 1 aliphatic rings. The predicted molar refractivity (Wildman–Crippen MR) is 70.0 cm³/mol. The van der Waals surface area contributed by atoms with Crippen molar-refractivity contribution >= 4 is 17.5 Å². The van der Waals surface area contributed by atoms with E-state index in [2.05, 4.69) is 24.0 Å². The lowest BCUT2D eigenvalue weighted by molar-refractivity contribution is 0.409. The Morgan fingerprint density at radius 3 is 3.06 bits per heavy atom. The van der Waals surface area contributed by atoms with E-state index in [-0.39, 0.29) is 0 Å². The molecule has 16 heavy (non-hydrogen) atoms. The van der Waals surface area contributed by atoms with Gasteiger partial charge in [0.05, 0.1) is 7.11 Å². The number of fused-ring (bicyclic) bond motifs is 1. The van der Waals surface area contributed by atoms with Crippen molar-refractivity contribution in [2.75, 3.05) is 19.4 Å². The Hall–Kier alpha value is -0.960. The third kappa shape index (κ3) is 2.40. The summed E-state index contributed by atoms with van der Waals surface area (Å²) in [7, 11) is 1.73. The van der Waals surface area contributed by atoms with Gasteiger partial charge in [0, 0.05) is 34.9 Å². The molecule has 2 rings (SSSR count). The van der Waals surface area contributed by atoms with Gasteiger partial charge in [0.15, 0.2) is 0 Å². The summed E-state index contributed by atoms with van der Waals surface area (Å²) in [5, 5.41) is 0. The number of methoxy groups -OCH3 is 1. The molecule has 0 atom stereocenters. The zero-order valence-electron chi connectivity index (χ0n) is 9.82. The summed E-state index contributed by atoms with van der Waals surface area (Å²) in [5.41, 5.74) is 2.60. The lowest BCUT2D eigenvalue weighted by atomic mass is 10.1. The largest absolute Gasteiger partial charge is 0.496 e. The fraction of sp³-hybridized carbons (Fsp3) is 0.462. The van der Waals surface area contributed by atoms with Gasteiger partial charge in [-0.2, -0.15) is 0 Å². The van der Waals surface area contributed by atoms with Gasteiger partial charge in [-0.1, -0.05) is 13.0 Å². The second-order valence-corrected chi connectivity index (χ2v) is 4.87. The minimum Gasteiger partial charge on any atom is -0.496 e. The van der Waals surface area contributed by atoms with Crippen LogP contribution in [0, 0.1) is 0 Å². The van der Waals surface area contributed by atoms with Crippen molar-refractivity contribution in [1.82, 2.24) is 0 Å². The molecular formula is C13H17NOS. The number of benzene rings is 1. The van der Waals surface area contributed by atoms with E-state index in [4.69, 9.17) is 4.74 Å². The van der Waals surface area contributed by atoms with E-state index in [1.807, 2.05) is 17.8 Å². The normalized spacial score (nSPS) is 17.2. The van der Waals surface area contributed by atoms with Gasteiger partial charge in [0.2, 0.25) is 0 Å². The van der Waals surface area contributed by atoms with Crippen LogP contribution in [0.4, 0.5) is 0 Å². The standard InChI is InChI=1S/C13H17NOS/c1-3-7-14-10-8-11-12(15-2)5-4-6-13(11)16-9-10/h4-6H,3,7-9H2,1-2H3. The van der Waals surface area contributed by atoms with Gasteiger partial charge >= 0.3 is 0 Å². The summed E-state index contributed by atoms with van der Waals surface area (Å²) in [4.78, 5) is 5.96. The molecule has 1 aliphatic heterocycles. The summed E-state index contributed by atoms with van der Waals surface area (Å²) in [6.07, 6.45) is 2.07. The summed E-state index contributed by atoms with van der Waals surface area (Å²) < 4.78 is 5.40. The Bertz CT molecular complexity index is 387. The summed E-state index contributed by atoms with van der Waals surface area (Å²) in [6, 6.07) is 6.25. The van der Waals surface area contributed by atoms with Crippen molar-refractivity contribution in [2.24, 2.45) is 4.99 Å². The Labute approximate surface area is 101 Å². The maximum Gasteiger partial charge on any atom is 0.123 e. The van der Waals surface area contributed by atoms with Crippen LogP contribution < -0.4 is 4.74 Å². The molecule has 0 spiro atoms. The average Bonchev–Trinajstić information content (AvgIpc) is 2.35. The third-order valence-electron chi connectivity index (χ3n) is 2.64. The van der Waals surface area contributed by atoms with Gasteiger partial charge in [-0.05, 0) is 18.6 Å². The van der Waals surface area contributed by atoms with Crippen LogP contribution in [0.5, 0.6) is 5.75 Å². The van der Waals surface area contributed by atoms with Crippen LogP contribution in [0.1, 0.15) is 18.9 Å². The quantitative estimate of drug-likeness (QED) is 0.802. The summed E-state index contributed by atoms with van der Waals surface area (Å²) >= 11 is 1.87. The number of ether oxygens (including phenoxy) is 1. The highest BCUT2D eigenvalue weighted by Crippen LogP contribution is 2.34. The molecule has 0 aliphatic carbocycles. The minimum absolute atomic E-state index is 0.945. The van der Waals surface area contributed by atoms with Gasteiger partial charge in [-0.3, -0.25) is 4.99 Å². The number of hydrogen-bond donors (Lipinski definition) is 0. The van der Waals surface area contributed by atoms with Crippen LogP contribution in [0.2, 0.25) is 0 Å². The molecule has 0 aromatic heterocycles. The van der Waals surface area contributed by atoms with Gasteiger partial charge in [0.1, 0.15) is 5.75 Å². The molecule has 0 bridgehead atoms. The smallest absolute Gasteiger partial charge is 0.123 e. The van der Waals surface area contributed by atoms with Crippen LogP contribution in [0.15, 0.2) is 28.1 Å². The summed E-state index contributed by atoms with van der Waals surface area (Å²) in [5.74, 6) is 2.02. The number of aliphatic imine (C=N–C) groups is 1. The van der Waals surface area contributed by atoms with Gasteiger partial charge in [-0.15, -0.1) is 11.8 Å². The lowest BCUT2D eigenvalue weighted by Gasteiger charge is -2.19. The Kier molecular flexibility index (Phi) is 3.88. The number of hydrogen-bond acceptors (Lipinski definition) is 3. The molecule has 86 valence electrons. The van der Waals surface area contributed by atoms with Crippen LogP contribution in [-0.2, 0) is 6.42 Å². The van der Waals surface area contributed by atoms with Crippen molar-refractivity contribution in [1.29, 1.82) is 0 Å². The second-order valence-electron chi connectivity index (χ2n) is 3.85. The van der Waals surface area contributed by atoms with E-state index in [1.54, 1.807) is 7.11 Å². The van der Waals surface area contributed by atoms with Crippen molar-refractivity contribution in [2.45, 2.75) is 24.7 Å². The van der Waals surface area contributed by atoms with E-state index in [9.17, 15) is 0 Å². The molecule has 0 amide bonds. The minimum atomic E-state index is 0.945. The Morgan fingerprint density at radius 2 is 2.31 bits per heavy atom. The number of nitrogens with zero attached hydrogens (tertiary/aromatic N) is 1. The lowest BCUT2D eigenvalue weighted by Crippen LogP contribution is -2.14. The fourth-order valence-electron chi connectivity index (χ4n) is 1.83. The molecule has 2 nitrogen and oxygen atoms in total. The zero-order valence-corrected chi connectivity index (χ0v) is 10.6. The molecular weight excluding hydrogens is 218 g/mol. The van der Waals surface area contributed by atoms with Crippen LogP contribution >= 0.6 is 11.8 Å². The molecule has 0 fully saturated rings. The fourth-order valence-corrected chi connectivity index (χ4v) is 2.87. The molecule has 0 unspecified atom stereocenters. The van der Waals surface area contributed by atoms with E-state index in [0.717, 1.165) is 30.9 Å². The van der Waals surface area contributed by atoms with Crippen molar-refractivity contribution in [3.05, 3.63) is 23.8 Å². The second kappa shape index (κ2) is 5.39. The maximum absolute atomic E-state index is 5.40. The van der Waals surface area contributed by atoms with E-state index >= 15 is 0 Å². The Morgan fingerprint density at radius 1 is 1.44 bits per heavy atom. The monoisotopic (exact) mass is 235 g/mol.